The molecule has 2 fully saturated rings. The molecule has 0 saturated heterocycles. The van der Waals surface area contributed by atoms with Crippen molar-refractivity contribution < 1.29 is 9.59 Å². The van der Waals surface area contributed by atoms with Crippen molar-refractivity contribution in [2.75, 3.05) is 0 Å². The van der Waals surface area contributed by atoms with Crippen LogP contribution in [0.4, 0.5) is 0 Å². The van der Waals surface area contributed by atoms with E-state index in [4.69, 9.17) is 0 Å². The van der Waals surface area contributed by atoms with Crippen molar-refractivity contribution in [3.05, 3.63) is 22.4 Å². The molecule has 4 nitrogen and oxygen atoms in total. The zero-order valence-corrected chi connectivity index (χ0v) is 12.4. The van der Waals surface area contributed by atoms with Crippen molar-refractivity contribution in [3.8, 4) is 0 Å². The van der Waals surface area contributed by atoms with Crippen molar-refractivity contribution >= 4 is 23.2 Å². The van der Waals surface area contributed by atoms with E-state index in [1.54, 1.807) is 13.0 Å². The predicted molar refractivity (Wildman–Crippen MR) is 78.6 cm³/mol. The smallest absolute Gasteiger partial charge is 0.261 e. The van der Waals surface area contributed by atoms with E-state index in [2.05, 4.69) is 10.6 Å². The number of hydrogen-bond acceptors (Lipinski definition) is 3. The Morgan fingerprint density at radius 1 is 1.30 bits per heavy atom. The first-order chi connectivity index (χ1) is 9.66. The highest BCUT2D eigenvalue weighted by atomic mass is 32.1. The van der Waals surface area contributed by atoms with E-state index in [-0.39, 0.29) is 11.8 Å². The van der Waals surface area contributed by atoms with E-state index in [0.717, 1.165) is 0 Å². The van der Waals surface area contributed by atoms with Crippen LogP contribution in [0.3, 0.4) is 0 Å². The van der Waals surface area contributed by atoms with Crippen molar-refractivity contribution in [2.45, 2.75) is 44.7 Å². The number of amides is 2. The molecule has 2 N–H and O–H groups in total. The van der Waals surface area contributed by atoms with Crippen LogP contribution in [0.2, 0.25) is 0 Å². The number of hydrogen-bond donors (Lipinski definition) is 2. The first-order valence-corrected chi connectivity index (χ1v) is 8.19. The summed E-state index contributed by atoms with van der Waals surface area (Å²) in [5.74, 6) is 1.14. The average Bonchev–Trinajstić information content (AvgIpc) is 2.90. The molecule has 1 unspecified atom stereocenters. The van der Waals surface area contributed by atoms with Gasteiger partial charge in [0.1, 0.15) is 6.04 Å². The number of carbonyl (C=O) groups excluding carboxylic acids is 2. The first-order valence-electron chi connectivity index (χ1n) is 7.31. The normalized spacial score (nSPS) is 29.1. The summed E-state index contributed by atoms with van der Waals surface area (Å²) in [5, 5.41) is 7.71. The molecule has 0 aliphatic heterocycles. The molecule has 2 aliphatic carbocycles. The Kier molecular flexibility index (Phi) is 3.78. The first kappa shape index (κ1) is 13.6. The lowest BCUT2D eigenvalue weighted by Crippen LogP contribution is -2.45. The molecule has 0 spiro atoms. The molecule has 2 amide bonds. The Balaban J connectivity index is 1.49. The lowest BCUT2D eigenvalue weighted by atomic mass is 10.0. The van der Waals surface area contributed by atoms with Crippen LogP contribution >= 0.6 is 11.3 Å². The number of nitrogens with one attached hydrogen (secondary N) is 2. The summed E-state index contributed by atoms with van der Waals surface area (Å²) in [7, 11) is 0. The maximum Gasteiger partial charge on any atom is 0.261 e. The second-order valence-electron chi connectivity index (χ2n) is 5.82. The van der Waals surface area contributed by atoms with Gasteiger partial charge in [-0.05, 0) is 43.0 Å². The summed E-state index contributed by atoms with van der Waals surface area (Å²) in [6.45, 7) is 1.74. The van der Waals surface area contributed by atoms with Crippen LogP contribution < -0.4 is 10.6 Å². The molecular weight excluding hydrogens is 272 g/mol. The van der Waals surface area contributed by atoms with Gasteiger partial charge >= 0.3 is 0 Å². The van der Waals surface area contributed by atoms with Gasteiger partial charge in [-0.15, -0.1) is 11.3 Å². The summed E-state index contributed by atoms with van der Waals surface area (Å²) < 4.78 is 0. The highest BCUT2D eigenvalue weighted by Crippen LogP contribution is 2.49. The highest BCUT2D eigenvalue weighted by Gasteiger charge is 2.51. The zero-order chi connectivity index (χ0) is 14.1. The van der Waals surface area contributed by atoms with Crippen LogP contribution in [-0.2, 0) is 4.79 Å². The Morgan fingerprint density at radius 2 is 2.00 bits per heavy atom. The van der Waals surface area contributed by atoms with Crippen LogP contribution in [0.15, 0.2) is 17.5 Å². The van der Waals surface area contributed by atoms with E-state index in [0.29, 0.717) is 22.8 Å². The summed E-state index contributed by atoms with van der Waals surface area (Å²) in [6, 6.07) is 3.47. The predicted octanol–water partition coefficient (Wildman–Crippen LogP) is 2.17. The summed E-state index contributed by atoms with van der Waals surface area (Å²) in [6.07, 6.45) is 5.06. The van der Waals surface area contributed by atoms with Gasteiger partial charge in [-0.25, -0.2) is 0 Å². The molecule has 0 aromatic carbocycles. The Bertz CT molecular complexity index is 488. The molecule has 2 saturated carbocycles. The van der Waals surface area contributed by atoms with Crippen molar-refractivity contribution in [1.29, 1.82) is 0 Å². The standard InChI is InChI=1S/C15H20N2O2S/c1-9(16-15(19)12-7-4-8-20-12)14(18)17-13-10-5-2-3-6-11(10)13/h4,7-11,13H,2-3,5-6H2,1H3,(H,16,19)(H,17,18)/t9-,10-,11+,13?/m1/s1. The largest absolute Gasteiger partial charge is 0.351 e. The van der Waals surface area contributed by atoms with Gasteiger partial charge in [-0.3, -0.25) is 9.59 Å². The Hall–Kier alpha value is -1.36. The molecule has 0 bridgehead atoms. The van der Waals surface area contributed by atoms with Gasteiger partial charge in [-0.1, -0.05) is 18.9 Å². The maximum absolute atomic E-state index is 12.1. The van der Waals surface area contributed by atoms with Gasteiger partial charge in [0.2, 0.25) is 5.91 Å². The van der Waals surface area contributed by atoms with Crippen LogP contribution in [0.1, 0.15) is 42.3 Å². The molecule has 1 aromatic rings. The van der Waals surface area contributed by atoms with Crippen LogP contribution in [0.5, 0.6) is 0 Å². The lowest BCUT2D eigenvalue weighted by Gasteiger charge is -2.13. The SMILES string of the molecule is C[C@@H](NC(=O)c1cccs1)C(=O)NC1[C@H]2CCCC[C@@H]12. The van der Waals surface area contributed by atoms with Gasteiger partial charge in [-0.2, -0.15) is 0 Å². The van der Waals surface area contributed by atoms with E-state index in [1.165, 1.54) is 37.0 Å². The minimum absolute atomic E-state index is 0.0608. The molecule has 3 rings (SSSR count). The summed E-state index contributed by atoms with van der Waals surface area (Å²) in [5.41, 5.74) is 0. The average molecular weight is 292 g/mol. The van der Waals surface area contributed by atoms with E-state index in [1.807, 2.05) is 11.4 Å². The topological polar surface area (TPSA) is 58.2 Å². The van der Waals surface area contributed by atoms with Gasteiger partial charge in [0.25, 0.3) is 5.91 Å². The Labute approximate surface area is 122 Å². The molecule has 1 aromatic heterocycles. The van der Waals surface area contributed by atoms with Gasteiger partial charge in [0, 0.05) is 6.04 Å². The number of fused-ring (bicyclic) bond motifs is 1. The monoisotopic (exact) mass is 292 g/mol. The maximum atomic E-state index is 12.1. The molecular formula is C15H20N2O2S. The second kappa shape index (κ2) is 5.56. The van der Waals surface area contributed by atoms with E-state index in [9.17, 15) is 9.59 Å². The van der Waals surface area contributed by atoms with Gasteiger partial charge < -0.3 is 10.6 Å². The minimum Gasteiger partial charge on any atom is -0.351 e. The molecule has 2 aliphatic rings. The number of thiophene rings is 1. The number of rotatable bonds is 4. The summed E-state index contributed by atoms with van der Waals surface area (Å²) >= 11 is 1.38. The fraction of sp³-hybridized carbons (Fsp3) is 0.600. The van der Waals surface area contributed by atoms with Crippen LogP contribution in [0.25, 0.3) is 0 Å². The van der Waals surface area contributed by atoms with Crippen LogP contribution in [-0.4, -0.2) is 23.9 Å². The van der Waals surface area contributed by atoms with Crippen molar-refractivity contribution in [2.24, 2.45) is 11.8 Å². The molecule has 5 heteroatoms. The van der Waals surface area contributed by atoms with Crippen LogP contribution in [0, 0.1) is 11.8 Å². The minimum atomic E-state index is -0.479. The fourth-order valence-corrected chi connectivity index (χ4v) is 3.86. The molecule has 1 heterocycles. The highest BCUT2D eigenvalue weighted by molar-refractivity contribution is 7.12. The molecule has 4 atom stereocenters. The Morgan fingerprint density at radius 3 is 2.60 bits per heavy atom. The van der Waals surface area contributed by atoms with E-state index >= 15 is 0 Å². The van der Waals surface area contributed by atoms with Gasteiger partial charge in [0.05, 0.1) is 4.88 Å². The molecule has 108 valence electrons. The van der Waals surface area contributed by atoms with Crippen molar-refractivity contribution in [1.82, 2.24) is 10.6 Å². The fourth-order valence-electron chi connectivity index (χ4n) is 3.24. The van der Waals surface area contributed by atoms with E-state index < -0.39 is 6.04 Å². The third kappa shape index (κ3) is 2.73. The summed E-state index contributed by atoms with van der Waals surface area (Å²) in [4.78, 5) is 24.7. The second-order valence-corrected chi connectivity index (χ2v) is 6.77. The molecule has 20 heavy (non-hydrogen) atoms. The number of carbonyl (C=O) groups is 2. The quantitative estimate of drug-likeness (QED) is 0.893. The van der Waals surface area contributed by atoms with Crippen molar-refractivity contribution in [3.63, 3.8) is 0 Å². The third-order valence-corrected chi connectivity index (χ3v) is 5.32. The van der Waals surface area contributed by atoms with Gasteiger partial charge in [0.15, 0.2) is 0 Å². The molecule has 0 radical (unpaired) electrons. The zero-order valence-electron chi connectivity index (χ0n) is 11.6. The third-order valence-electron chi connectivity index (χ3n) is 4.45. The lowest BCUT2D eigenvalue weighted by molar-refractivity contribution is -0.122.